The largest absolute Gasteiger partial charge is 0.573 e. The summed E-state index contributed by atoms with van der Waals surface area (Å²) >= 11 is 0. The van der Waals surface area contributed by atoms with Crippen molar-refractivity contribution in [1.29, 1.82) is 0 Å². The van der Waals surface area contributed by atoms with Crippen LogP contribution in [0.1, 0.15) is 56.4 Å². The summed E-state index contributed by atoms with van der Waals surface area (Å²) < 4.78 is 48.5. The van der Waals surface area contributed by atoms with Gasteiger partial charge in [0.15, 0.2) is 0 Å². The van der Waals surface area contributed by atoms with E-state index in [9.17, 15) is 22.8 Å². The van der Waals surface area contributed by atoms with Crippen LogP contribution in [0.25, 0.3) is 11.0 Å². The van der Waals surface area contributed by atoms with Crippen molar-refractivity contribution in [1.82, 2.24) is 14.5 Å². The first-order valence-corrected chi connectivity index (χ1v) is 12.7. The maximum Gasteiger partial charge on any atom is 0.573 e. The molecule has 0 unspecified atom stereocenters. The highest BCUT2D eigenvalue weighted by Crippen LogP contribution is 2.46. The number of benzene rings is 2. The Bertz CT molecular complexity index is 1350. The molecule has 1 heterocycles. The van der Waals surface area contributed by atoms with E-state index in [4.69, 9.17) is 4.98 Å². The molecule has 1 fully saturated rings. The van der Waals surface area contributed by atoms with Crippen molar-refractivity contribution in [2.45, 2.75) is 52.4 Å². The number of methoxy groups -OCH3 is 1. The molecule has 4 rings (SSSR count). The Morgan fingerprint density at radius 2 is 1.85 bits per heavy atom. The number of halogens is 3. The minimum absolute atomic E-state index is 0.0715. The third-order valence-corrected chi connectivity index (χ3v) is 6.95. The van der Waals surface area contributed by atoms with Gasteiger partial charge in [0.05, 0.1) is 18.1 Å². The van der Waals surface area contributed by atoms with E-state index in [-0.39, 0.29) is 29.7 Å². The number of anilines is 2. The normalized spacial score (nSPS) is 19.0. The molecule has 11 heteroatoms. The number of imidazole rings is 1. The summed E-state index contributed by atoms with van der Waals surface area (Å²) in [6.07, 6.45) is -1.90. The van der Waals surface area contributed by atoms with Crippen molar-refractivity contribution < 1.29 is 32.2 Å². The first-order chi connectivity index (χ1) is 18.2. The summed E-state index contributed by atoms with van der Waals surface area (Å²) in [5.74, 6) is -0.185. The quantitative estimate of drug-likeness (QED) is 0.350. The molecule has 1 aromatic heterocycles. The lowest BCUT2D eigenvalue weighted by Crippen LogP contribution is -2.32. The van der Waals surface area contributed by atoms with Crippen molar-refractivity contribution in [3.05, 3.63) is 48.0 Å². The lowest BCUT2D eigenvalue weighted by Gasteiger charge is -2.40. The van der Waals surface area contributed by atoms with Gasteiger partial charge in [0, 0.05) is 24.3 Å². The van der Waals surface area contributed by atoms with Crippen LogP contribution in [0.5, 0.6) is 5.75 Å². The second-order valence-electron chi connectivity index (χ2n) is 11.0. The second-order valence-corrected chi connectivity index (χ2v) is 11.0. The number of ether oxygens (including phenoxy) is 2. The Kier molecular flexibility index (Phi) is 7.81. The fraction of sp³-hybridized carbons (Fsp3) is 0.464. The number of amides is 1. The van der Waals surface area contributed by atoms with Crippen molar-refractivity contribution in [3.63, 3.8) is 0 Å². The van der Waals surface area contributed by atoms with E-state index in [0.29, 0.717) is 28.6 Å². The topological polar surface area (TPSA) is 85.7 Å². The van der Waals surface area contributed by atoms with Gasteiger partial charge in [-0.05, 0) is 73.1 Å². The van der Waals surface area contributed by atoms with Gasteiger partial charge in [0.25, 0.3) is 5.91 Å². The van der Waals surface area contributed by atoms with Crippen molar-refractivity contribution >= 4 is 34.5 Å². The van der Waals surface area contributed by atoms with E-state index < -0.39 is 12.3 Å². The number of rotatable bonds is 7. The lowest BCUT2D eigenvalue weighted by atomic mass is 9.70. The predicted molar refractivity (Wildman–Crippen MR) is 141 cm³/mol. The van der Waals surface area contributed by atoms with Gasteiger partial charge >= 0.3 is 12.3 Å². The van der Waals surface area contributed by atoms with Crippen LogP contribution < -0.4 is 10.1 Å². The maximum absolute atomic E-state index is 13.1. The second kappa shape index (κ2) is 10.8. The van der Waals surface area contributed by atoms with Crippen molar-refractivity contribution in [2.24, 2.45) is 11.3 Å². The van der Waals surface area contributed by atoms with Crippen molar-refractivity contribution in [2.75, 3.05) is 26.0 Å². The minimum atomic E-state index is -4.77. The van der Waals surface area contributed by atoms with E-state index >= 15 is 0 Å². The molecule has 0 radical (unpaired) electrons. The highest BCUT2D eigenvalue weighted by molar-refractivity contribution is 5.99. The highest BCUT2D eigenvalue weighted by atomic mass is 19.4. The molecule has 0 saturated heterocycles. The van der Waals surface area contributed by atoms with Crippen LogP contribution in [0.15, 0.2) is 42.5 Å². The fourth-order valence-corrected chi connectivity index (χ4v) is 5.60. The van der Waals surface area contributed by atoms with Gasteiger partial charge in [0.1, 0.15) is 12.3 Å². The van der Waals surface area contributed by atoms with Gasteiger partial charge in [-0.2, -0.15) is 0 Å². The number of hydrogen-bond acceptors (Lipinski definition) is 6. The Morgan fingerprint density at radius 3 is 2.46 bits per heavy atom. The molecule has 1 N–H and O–H groups in total. The molecule has 210 valence electrons. The average Bonchev–Trinajstić information content (AvgIpc) is 3.19. The molecule has 2 atom stereocenters. The number of esters is 1. The summed E-state index contributed by atoms with van der Waals surface area (Å²) in [4.78, 5) is 30.9. The van der Waals surface area contributed by atoms with Crippen LogP contribution in [0.4, 0.5) is 24.8 Å². The van der Waals surface area contributed by atoms with Gasteiger partial charge in [-0.1, -0.05) is 20.8 Å². The summed E-state index contributed by atoms with van der Waals surface area (Å²) in [6, 6.07) is 10.7. The van der Waals surface area contributed by atoms with E-state index in [1.54, 1.807) is 18.2 Å². The third kappa shape index (κ3) is 6.82. The Balaban J connectivity index is 1.73. The van der Waals surface area contributed by atoms with Crippen molar-refractivity contribution in [3.8, 4) is 5.75 Å². The van der Waals surface area contributed by atoms with Crippen LogP contribution in [0.3, 0.4) is 0 Å². The molecule has 0 bridgehead atoms. The molecule has 0 spiro atoms. The summed E-state index contributed by atoms with van der Waals surface area (Å²) in [7, 11) is 2.80. The highest BCUT2D eigenvalue weighted by Gasteiger charge is 2.35. The molecular formula is C28H33F3N4O4. The monoisotopic (exact) mass is 546 g/mol. The predicted octanol–water partition coefficient (Wildman–Crippen LogP) is 6.31. The summed E-state index contributed by atoms with van der Waals surface area (Å²) in [5.41, 5.74) is 2.44. The first-order valence-electron chi connectivity index (χ1n) is 12.7. The number of aromatic nitrogens is 2. The maximum atomic E-state index is 13.1. The lowest BCUT2D eigenvalue weighted by molar-refractivity contribution is -0.274. The summed E-state index contributed by atoms with van der Waals surface area (Å²) in [5, 5.41) is 3.26. The van der Waals surface area contributed by atoms with Gasteiger partial charge in [-0.25, -0.2) is 4.98 Å². The number of likely N-dealkylation sites (N-methyl/N-ethyl adjacent to an activating group) is 1. The summed E-state index contributed by atoms with van der Waals surface area (Å²) in [6.45, 7) is 6.51. The van der Waals surface area contributed by atoms with Gasteiger partial charge in [-0.15, -0.1) is 13.2 Å². The number of nitrogens with zero attached hydrogens (tertiary/aromatic N) is 3. The van der Waals surface area contributed by atoms with Gasteiger partial charge < -0.3 is 24.3 Å². The number of carbonyl (C=O) groups excluding carboxylic acids is 2. The zero-order chi connectivity index (χ0) is 28.5. The molecule has 3 aromatic rings. The van der Waals surface area contributed by atoms with Crippen LogP contribution in [-0.2, 0) is 9.53 Å². The van der Waals surface area contributed by atoms with Crippen LogP contribution >= 0.6 is 0 Å². The molecule has 39 heavy (non-hydrogen) atoms. The number of hydrogen-bond donors (Lipinski definition) is 1. The Labute approximate surface area is 225 Å². The molecule has 8 nitrogen and oxygen atoms in total. The fourth-order valence-electron chi connectivity index (χ4n) is 5.60. The van der Waals surface area contributed by atoms with E-state index in [1.165, 1.54) is 43.3 Å². The molecule has 1 aliphatic carbocycles. The molecule has 1 aliphatic rings. The van der Waals surface area contributed by atoms with Gasteiger partial charge in [-0.3, -0.25) is 9.59 Å². The minimum Gasteiger partial charge on any atom is -0.468 e. The number of fused-ring (bicyclic) bond motifs is 1. The standard InChI is InChI=1S/C28H33F3N4O4/c1-17-12-20(15-27(2,3)14-17)35-23-13-18(25(37)34(4)16-24(36)38-5)6-11-22(23)33-26(35)32-19-7-9-21(10-8-19)39-28(29,30)31/h6-11,13,17,20H,12,14-16H2,1-5H3,(H,32,33)/t17-,20+/m1/s1. The zero-order valence-electron chi connectivity index (χ0n) is 22.6. The van der Waals surface area contributed by atoms with Crippen LogP contribution in [-0.4, -0.2) is 53.4 Å². The first kappa shape index (κ1) is 28.3. The number of nitrogens with one attached hydrogen (secondary N) is 1. The Morgan fingerprint density at radius 1 is 1.15 bits per heavy atom. The van der Waals surface area contributed by atoms with Crippen LogP contribution in [0, 0.1) is 11.3 Å². The molecule has 2 aromatic carbocycles. The van der Waals surface area contributed by atoms with E-state index in [0.717, 1.165) is 24.8 Å². The number of alkyl halides is 3. The molecule has 1 amide bonds. The van der Waals surface area contributed by atoms with E-state index in [1.807, 2.05) is 0 Å². The smallest absolute Gasteiger partial charge is 0.468 e. The van der Waals surface area contributed by atoms with E-state index in [2.05, 4.69) is 40.1 Å². The SMILES string of the molecule is COC(=O)CN(C)C(=O)c1ccc2nc(Nc3ccc(OC(F)(F)F)cc3)n([C@H]3C[C@@H](C)CC(C)(C)C3)c2c1. The molecule has 0 aliphatic heterocycles. The third-order valence-electron chi connectivity index (χ3n) is 6.95. The van der Waals surface area contributed by atoms with Gasteiger partial charge in [0.2, 0.25) is 5.95 Å². The number of carbonyl (C=O) groups is 2. The molecule has 1 saturated carbocycles. The average molecular weight is 547 g/mol. The Hall–Kier alpha value is -3.76. The van der Waals surface area contributed by atoms with Crippen LogP contribution in [0.2, 0.25) is 0 Å². The zero-order valence-corrected chi connectivity index (χ0v) is 22.6. The molecular weight excluding hydrogens is 513 g/mol.